The minimum atomic E-state index is 0.247. The molecule has 19 heavy (non-hydrogen) atoms. The van der Waals surface area contributed by atoms with Gasteiger partial charge in [-0.2, -0.15) is 0 Å². The summed E-state index contributed by atoms with van der Waals surface area (Å²) >= 11 is 9.51. The Kier molecular flexibility index (Phi) is 4.54. The highest BCUT2D eigenvalue weighted by Gasteiger charge is 2.09. The van der Waals surface area contributed by atoms with Gasteiger partial charge in [0.1, 0.15) is 0 Å². The van der Waals surface area contributed by atoms with Crippen LogP contribution in [0, 0.1) is 13.8 Å². The molecule has 0 aliphatic rings. The zero-order chi connectivity index (χ0) is 14.0. The summed E-state index contributed by atoms with van der Waals surface area (Å²) in [5.41, 5.74) is 4.93. The molecule has 0 saturated heterocycles. The van der Waals surface area contributed by atoms with Gasteiger partial charge in [-0.1, -0.05) is 35.4 Å². The van der Waals surface area contributed by atoms with Crippen LogP contribution >= 0.6 is 27.5 Å². The van der Waals surface area contributed by atoms with Crippen LogP contribution in [0.15, 0.2) is 40.9 Å². The molecule has 0 aliphatic carbocycles. The molecule has 0 radical (unpaired) electrons. The van der Waals surface area contributed by atoms with Crippen molar-refractivity contribution in [1.82, 2.24) is 0 Å². The molecule has 0 aliphatic heterocycles. The summed E-state index contributed by atoms with van der Waals surface area (Å²) in [6, 6.07) is 12.7. The molecular weight excluding hydrogens is 322 g/mol. The van der Waals surface area contributed by atoms with Crippen molar-refractivity contribution < 1.29 is 0 Å². The number of benzene rings is 2. The molecule has 2 aromatic carbocycles. The van der Waals surface area contributed by atoms with E-state index in [9.17, 15) is 0 Å². The summed E-state index contributed by atoms with van der Waals surface area (Å²) in [4.78, 5) is 0. The van der Waals surface area contributed by atoms with Crippen LogP contribution in [0.5, 0.6) is 0 Å². The summed E-state index contributed by atoms with van der Waals surface area (Å²) in [6.07, 6.45) is 0. The quantitative estimate of drug-likeness (QED) is 0.735. The van der Waals surface area contributed by atoms with Crippen LogP contribution in [-0.2, 0) is 0 Å². The molecule has 0 bridgehead atoms. The molecule has 0 saturated carbocycles. The van der Waals surface area contributed by atoms with Crippen LogP contribution in [0.4, 0.5) is 5.69 Å². The Morgan fingerprint density at radius 2 is 1.84 bits per heavy atom. The minimum absolute atomic E-state index is 0.247. The Morgan fingerprint density at radius 1 is 1.11 bits per heavy atom. The Bertz CT molecular complexity index is 595. The lowest BCUT2D eigenvalue weighted by Gasteiger charge is -2.19. The summed E-state index contributed by atoms with van der Waals surface area (Å²) in [5.74, 6) is 0. The third-order valence-corrected chi connectivity index (χ3v) is 4.44. The van der Waals surface area contributed by atoms with Gasteiger partial charge >= 0.3 is 0 Å². The zero-order valence-corrected chi connectivity index (χ0v) is 13.6. The Balaban J connectivity index is 2.22. The topological polar surface area (TPSA) is 12.0 Å². The van der Waals surface area contributed by atoms with Crippen molar-refractivity contribution in [3.8, 4) is 0 Å². The van der Waals surface area contributed by atoms with E-state index < -0.39 is 0 Å². The van der Waals surface area contributed by atoms with Crippen LogP contribution < -0.4 is 5.32 Å². The first-order chi connectivity index (χ1) is 8.97. The van der Waals surface area contributed by atoms with E-state index >= 15 is 0 Å². The van der Waals surface area contributed by atoms with Crippen molar-refractivity contribution in [3.05, 3.63) is 62.6 Å². The third kappa shape index (κ3) is 3.52. The average Bonchev–Trinajstić information content (AvgIpc) is 2.36. The largest absolute Gasteiger partial charge is 0.378 e. The predicted octanol–water partition coefficient (Wildman–Crippen LogP) is 5.89. The molecule has 0 fully saturated rings. The van der Waals surface area contributed by atoms with E-state index in [1.807, 2.05) is 18.2 Å². The maximum atomic E-state index is 6.11. The summed E-state index contributed by atoms with van der Waals surface area (Å²) in [5, 5.41) is 4.21. The number of hydrogen-bond acceptors (Lipinski definition) is 1. The molecule has 2 rings (SSSR count). The van der Waals surface area contributed by atoms with Crippen molar-refractivity contribution in [3.63, 3.8) is 0 Å². The van der Waals surface area contributed by atoms with E-state index in [-0.39, 0.29) is 6.04 Å². The number of anilines is 1. The van der Waals surface area contributed by atoms with Crippen LogP contribution in [-0.4, -0.2) is 0 Å². The van der Waals surface area contributed by atoms with Crippen molar-refractivity contribution >= 4 is 33.2 Å². The fourth-order valence-corrected chi connectivity index (χ4v) is 2.57. The first-order valence-electron chi connectivity index (χ1n) is 6.26. The van der Waals surface area contributed by atoms with Crippen LogP contribution in [0.2, 0.25) is 5.02 Å². The normalized spacial score (nSPS) is 12.3. The highest BCUT2D eigenvalue weighted by molar-refractivity contribution is 9.10. The molecular formula is C16H17BrClN. The molecule has 1 unspecified atom stereocenters. The summed E-state index contributed by atoms with van der Waals surface area (Å²) in [7, 11) is 0. The maximum absolute atomic E-state index is 6.11. The Labute approximate surface area is 128 Å². The second-order valence-corrected chi connectivity index (χ2v) is 6.12. The number of halogens is 2. The minimum Gasteiger partial charge on any atom is -0.378 e. The van der Waals surface area contributed by atoms with Gasteiger partial charge in [-0.3, -0.25) is 0 Å². The molecule has 1 atom stereocenters. The molecule has 1 N–H and O–H groups in total. The average molecular weight is 339 g/mol. The Hall–Kier alpha value is -0.990. The standard InChI is InChI=1S/C16H17BrClN/c1-10-4-5-11(2)14(8-10)12(3)19-13-6-7-15(17)16(18)9-13/h4-9,12,19H,1-3H3. The van der Waals surface area contributed by atoms with Crippen molar-refractivity contribution in [2.24, 2.45) is 0 Å². The van der Waals surface area contributed by atoms with E-state index in [1.165, 1.54) is 16.7 Å². The van der Waals surface area contributed by atoms with Gasteiger partial charge in [0.25, 0.3) is 0 Å². The number of nitrogens with one attached hydrogen (secondary N) is 1. The fourth-order valence-electron chi connectivity index (χ4n) is 2.14. The molecule has 0 spiro atoms. The number of hydrogen-bond donors (Lipinski definition) is 1. The third-order valence-electron chi connectivity index (χ3n) is 3.20. The lowest BCUT2D eigenvalue weighted by molar-refractivity contribution is 0.872. The number of aryl methyl sites for hydroxylation is 2. The second kappa shape index (κ2) is 5.98. The first kappa shape index (κ1) is 14.4. The van der Waals surface area contributed by atoms with Crippen LogP contribution in [0.3, 0.4) is 0 Å². The SMILES string of the molecule is Cc1ccc(C)c(C(C)Nc2ccc(Br)c(Cl)c2)c1. The van der Waals surface area contributed by atoms with E-state index in [0.717, 1.165) is 15.2 Å². The van der Waals surface area contributed by atoms with Crippen LogP contribution in [0.25, 0.3) is 0 Å². The highest BCUT2D eigenvalue weighted by atomic mass is 79.9. The van der Waals surface area contributed by atoms with E-state index in [0.29, 0.717) is 0 Å². The van der Waals surface area contributed by atoms with Gasteiger partial charge in [0.15, 0.2) is 0 Å². The van der Waals surface area contributed by atoms with Crippen molar-refractivity contribution in [1.29, 1.82) is 0 Å². The first-order valence-corrected chi connectivity index (χ1v) is 7.43. The van der Waals surface area contributed by atoms with E-state index in [2.05, 4.69) is 60.2 Å². The van der Waals surface area contributed by atoms with E-state index in [4.69, 9.17) is 11.6 Å². The molecule has 2 aromatic rings. The fraction of sp³-hybridized carbons (Fsp3) is 0.250. The highest BCUT2D eigenvalue weighted by Crippen LogP contribution is 2.28. The van der Waals surface area contributed by atoms with Gasteiger partial charge in [-0.05, 0) is 66.0 Å². The second-order valence-electron chi connectivity index (χ2n) is 4.85. The van der Waals surface area contributed by atoms with Gasteiger partial charge in [0.05, 0.1) is 5.02 Å². The molecule has 100 valence electrons. The zero-order valence-electron chi connectivity index (χ0n) is 11.3. The van der Waals surface area contributed by atoms with E-state index in [1.54, 1.807) is 0 Å². The van der Waals surface area contributed by atoms with Gasteiger partial charge < -0.3 is 5.32 Å². The molecule has 0 heterocycles. The smallest absolute Gasteiger partial charge is 0.0568 e. The summed E-state index contributed by atoms with van der Waals surface area (Å²) < 4.78 is 0.916. The van der Waals surface area contributed by atoms with Gasteiger partial charge in [-0.25, -0.2) is 0 Å². The van der Waals surface area contributed by atoms with Gasteiger partial charge in [0, 0.05) is 16.2 Å². The van der Waals surface area contributed by atoms with Crippen LogP contribution in [0.1, 0.15) is 29.7 Å². The predicted molar refractivity (Wildman–Crippen MR) is 87.1 cm³/mol. The van der Waals surface area contributed by atoms with Crippen molar-refractivity contribution in [2.75, 3.05) is 5.32 Å². The monoisotopic (exact) mass is 337 g/mol. The molecule has 3 heteroatoms. The summed E-state index contributed by atoms with van der Waals surface area (Å²) in [6.45, 7) is 6.42. The Morgan fingerprint density at radius 3 is 2.53 bits per heavy atom. The molecule has 1 nitrogen and oxygen atoms in total. The maximum Gasteiger partial charge on any atom is 0.0568 e. The molecule has 0 aromatic heterocycles. The van der Waals surface area contributed by atoms with Gasteiger partial charge in [-0.15, -0.1) is 0 Å². The lowest BCUT2D eigenvalue weighted by Crippen LogP contribution is -2.08. The van der Waals surface area contributed by atoms with Gasteiger partial charge in [0.2, 0.25) is 0 Å². The molecule has 0 amide bonds. The number of rotatable bonds is 3. The van der Waals surface area contributed by atoms with Crippen molar-refractivity contribution in [2.45, 2.75) is 26.8 Å². The lowest BCUT2D eigenvalue weighted by atomic mass is 10.00.